The summed E-state index contributed by atoms with van der Waals surface area (Å²) in [5.74, 6) is 0. The molecule has 21 heavy (non-hydrogen) atoms. The Morgan fingerprint density at radius 1 is 0.714 bits per heavy atom. The molecule has 6 nitrogen and oxygen atoms in total. The average molecular weight is 484 g/mol. The van der Waals surface area contributed by atoms with Crippen LogP contribution in [0.2, 0.25) is 0 Å². The number of hydrogen-bond donors (Lipinski definition) is 0. The van der Waals surface area contributed by atoms with Crippen molar-refractivity contribution in [3.8, 4) is 0 Å². The maximum Gasteiger partial charge on any atom is 4.00 e. The summed E-state index contributed by atoms with van der Waals surface area (Å²) in [5.41, 5.74) is 0. The zero-order chi connectivity index (χ0) is 12.8. The van der Waals surface area contributed by atoms with Crippen molar-refractivity contribution in [1.82, 2.24) is 29.1 Å². The third-order valence-corrected chi connectivity index (χ3v) is 2.28. The first-order chi connectivity index (χ1) is 8.95. The van der Waals surface area contributed by atoms with Gasteiger partial charge in [-0.05, 0) is 36.8 Å². The molecule has 0 saturated heterocycles. The van der Waals surface area contributed by atoms with Gasteiger partial charge in [0, 0.05) is 18.6 Å². The fraction of sp³-hybridized carbons (Fsp3) is 0.0833. The fourth-order valence-electron chi connectivity index (χ4n) is 1.62. The summed E-state index contributed by atoms with van der Waals surface area (Å²) in [7, 11) is -0.194. The van der Waals surface area contributed by atoms with Crippen LogP contribution in [0.15, 0.2) is 55.4 Å². The Bertz CT molecular complexity index is 459. The SMILES string of the molecule is C[S-].[CH3-].[CH3-].[Pt+4].c1cnn([B-](n2cccn2)n2cccn2)c1. The molecule has 0 aliphatic heterocycles. The molecule has 0 fully saturated rings. The van der Waals surface area contributed by atoms with Gasteiger partial charge in [-0.15, -0.1) is 0 Å². The molecule has 0 spiro atoms. The number of aromatic nitrogens is 6. The molecular weight excluding hydrogens is 466 g/mol. The minimum absolute atomic E-state index is 0. The number of rotatable bonds is 3. The Hall–Kier alpha value is -1.27. The van der Waals surface area contributed by atoms with Gasteiger partial charge in [-0.3, -0.25) is 0 Å². The van der Waals surface area contributed by atoms with Gasteiger partial charge in [0.25, 0.3) is 7.12 Å². The molecule has 0 aliphatic carbocycles. The molecule has 9 heteroatoms. The van der Waals surface area contributed by atoms with Crippen molar-refractivity contribution in [2.75, 3.05) is 6.26 Å². The second kappa shape index (κ2) is 11.4. The van der Waals surface area contributed by atoms with Crippen LogP contribution in [0.4, 0.5) is 0 Å². The van der Waals surface area contributed by atoms with E-state index in [0.29, 0.717) is 0 Å². The summed E-state index contributed by atoms with van der Waals surface area (Å²) in [4.78, 5) is 0. The molecule has 115 valence electrons. The van der Waals surface area contributed by atoms with Crippen molar-refractivity contribution in [2.24, 2.45) is 0 Å². The fourth-order valence-corrected chi connectivity index (χ4v) is 1.62. The van der Waals surface area contributed by atoms with E-state index in [1.807, 2.05) is 36.8 Å². The Labute approximate surface area is 146 Å². The van der Waals surface area contributed by atoms with E-state index in [4.69, 9.17) is 0 Å². The predicted molar refractivity (Wildman–Crippen MR) is 84.7 cm³/mol. The van der Waals surface area contributed by atoms with Crippen molar-refractivity contribution in [1.29, 1.82) is 0 Å². The van der Waals surface area contributed by atoms with Gasteiger partial charge >= 0.3 is 21.1 Å². The van der Waals surface area contributed by atoms with Crippen LogP contribution in [-0.2, 0) is 33.7 Å². The smallest absolute Gasteiger partial charge is 0.796 e. The molecule has 0 N–H and O–H groups in total. The van der Waals surface area contributed by atoms with Crippen LogP contribution in [0.25, 0.3) is 0 Å². The van der Waals surface area contributed by atoms with Crippen LogP contribution >= 0.6 is 0 Å². The van der Waals surface area contributed by atoms with E-state index in [2.05, 4.69) is 27.9 Å². The van der Waals surface area contributed by atoms with Gasteiger partial charge in [0.1, 0.15) is 0 Å². The van der Waals surface area contributed by atoms with Gasteiger partial charge in [0.2, 0.25) is 0 Å². The van der Waals surface area contributed by atoms with Gasteiger partial charge < -0.3 is 41.3 Å². The molecule has 0 bridgehead atoms. The van der Waals surface area contributed by atoms with E-state index in [1.54, 1.807) is 38.6 Å². The maximum atomic E-state index is 4.22. The van der Waals surface area contributed by atoms with Gasteiger partial charge in [-0.2, -0.15) is 6.26 Å². The number of hydrogen-bond acceptors (Lipinski definition) is 4. The maximum absolute atomic E-state index is 4.22. The molecule has 0 saturated carbocycles. The Morgan fingerprint density at radius 3 is 1.19 bits per heavy atom. The van der Waals surface area contributed by atoms with Crippen LogP contribution in [0.1, 0.15) is 0 Å². The Kier molecular flexibility index (Phi) is 12.0. The van der Waals surface area contributed by atoms with E-state index >= 15 is 0 Å². The molecule has 0 unspecified atom stereocenters. The summed E-state index contributed by atoms with van der Waals surface area (Å²) >= 11 is 4.08. The second-order valence-electron chi connectivity index (χ2n) is 3.30. The molecule has 3 aromatic heterocycles. The molecule has 1 radical (unpaired) electrons. The van der Waals surface area contributed by atoms with Crippen molar-refractivity contribution < 1.29 is 21.1 Å². The number of nitrogens with zero attached hydrogens (tertiary/aromatic N) is 6. The first-order valence-electron chi connectivity index (χ1n) is 5.33. The van der Waals surface area contributed by atoms with Crippen LogP contribution in [0.3, 0.4) is 0 Å². The minimum Gasteiger partial charge on any atom is -0.796 e. The summed E-state index contributed by atoms with van der Waals surface area (Å²) < 4.78 is 5.38. The summed E-state index contributed by atoms with van der Waals surface area (Å²) in [5, 5.41) is 12.7. The van der Waals surface area contributed by atoms with Gasteiger partial charge in [-0.1, -0.05) is 0 Å². The summed E-state index contributed by atoms with van der Waals surface area (Å²) in [6.07, 6.45) is 12.4. The van der Waals surface area contributed by atoms with E-state index in [1.165, 1.54) is 0 Å². The zero-order valence-corrected chi connectivity index (χ0v) is 15.3. The van der Waals surface area contributed by atoms with E-state index < -0.39 is 0 Å². The summed E-state index contributed by atoms with van der Waals surface area (Å²) in [6, 6.07) is 5.62. The predicted octanol–water partition coefficient (Wildman–Crippen LogP) is 1.27. The van der Waals surface area contributed by atoms with Crippen molar-refractivity contribution in [2.45, 2.75) is 0 Å². The molecule has 3 rings (SSSR count). The van der Waals surface area contributed by atoms with Crippen LogP contribution in [0, 0.1) is 14.9 Å². The largest absolute Gasteiger partial charge is 4.00 e. The normalized spacial score (nSPS) is 8.71. The quantitative estimate of drug-likeness (QED) is 0.320. The molecule has 0 aromatic carbocycles. The monoisotopic (exact) mass is 484 g/mol. The second-order valence-corrected chi connectivity index (χ2v) is 3.30. The third-order valence-electron chi connectivity index (χ3n) is 2.28. The Balaban J connectivity index is 0. The van der Waals surface area contributed by atoms with Gasteiger partial charge in [-0.25, -0.2) is 15.3 Å². The zero-order valence-electron chi connectivity index (χ0n) is 12.2. The third kappa shape index (κ3) is 5.21. The molecule has 3 aromatic rings. The van der Waals surface area contributed by atoms with Crippen LogP contribution in [-0.4, -0.2) is 42.4 Å². The molecule has 0 amide bonds. The van der Waals surface area contributed by atoms with Gasteiger partial charge in [0.05, 0.1) is 0 Å². The molecule has 0 aliphatic rings. The van der Waals surface area contributed by atoms with Crippen LogP contribution in [0.5, 0.6) is 0 Å². The molecule has 0 atom stereocenters. The average Bonchev–Trinajstić information content (AvgIpc) is 3.17. The van der Waals surface area contributed by atoms with Crippen molar-refractivity contribution in [3.63, 3.8) is 0 Å². The minimum atomic E-state index is -0.194. The van der Waals surface area contributed by atoms with Gasteiger partial charge in [0.15, 0.2) is 0 Å². The topological polar surface area (TPSA) is 53.5 Å². The first kappa shape index (κ1) is 22.0. The first-order valence-corrected chi connectivity index (χ1v) is 6.15. The van der Waals surface area contributed by atoms with Crippen LogP contribution < -0.4 is 0 Å². The van der Waals surface area contributed by atoms with Crippen molar-refractivity contribution in [3.05, 3.63) is 70.2 Å². The van der Waals surface area contributed by atoms with E-state index in [9.17, 15) is 0 Å². The standard InChI is InChI=1S/C9H9BN6.CH4S.2CH3.Pt/c1-4-11-14(7-1)10(15-8-2-5-12-15)16-9-3-6-13-16;1-2;;;/h1-9H;2H,1H3;2*1H3;/q-1;;2*-1;+4/p-1. The van der Waals surface area contributed by atoms with E-state index in [0.717, 1.165) is 0 Å². The van der Waals surface area contributed by atoms with E-state index in [-0.39, 0.29) is 43.0 Å². The van der Waals surface area contributed by atoms with Crippen molar-refractivity contribution >= 4 is 19.7 Å². The Morgan fingerprint density at radius 2 is 1.00 bits per heavy atom. The molecular formula is C12H18BN6PtS. The summed E-state index contributed by atoms with van der Waals surface area (Å²) in [6.45, 7) is 0. The molecule has 3 heterocycles.